The summed E-state index contributed by atoms with van der Waals surface area (Å²) in [6.45, 7) is 3.57. The second kappa shape index (κ2) is 5.73. The highest BCUT2D eigenvalue weighted by Gasteiger charge is 2.16. The number of rotatable bonds is 4. The molecule has 0 spiro atoms. The molecule has 0 aliphatic carbocycles. The van der Waals surface area contributed by atoms with E-state index < -0.39 is 10.8 Å². The zero-order chi connectivity index (χ0) is 9.68. The van der Waals surface area contributed by atoms with E-state index in [1.54, 1.807) is 0 Å². The zero-order valence-corrected chi connectivity index (χ0v) is 9.02. The van der Waals surface area contributed by atoms with Crippen molar-refractivity contribution in [1.29, 1.82) is 0 Å². The van der Waals surface area contributed by atoms with E-state index in [0.29, 0.717) is 11.7 Å². The standard InChI is InChI=1S/C9H19NO2S/c1-8(10)6-13(11)7-9-2-4-12-5-3-9/h8-9H,2-7,10H2,1H3. The van der Waals surface area contributed by atoms with Crippen molar-refractivity contribution in [1.82, 2.24) is 0 Å². The molecule has 2 atom stereocenters. The van der Waals surface area contributed by atoms with Crippen LogP contribution in [0.25, 0.3) is 0 Å². The molecule has 1 heterocycles. The predicted molar refractivity (Wildman–Crippen MR) is 55.1 cm³/mol. The van der Waals surface area contributed by atoms with E-state index in [4.69, 9.17) is 10.5 Å². The summed E-state index contributed by atoms with van der Waals surface area (Å²) >= 11 is 0. The van der Waals surface area contributed by atoms with Crippen LogP contribution in [0.1, 0.15) is 19.8 Å². The number of hydrogen-bond donors (Lipinski definition) is 1. The molecule has 1 aliphatic rings. The van der Waals surface area contributed by atoms with Gasteiger partial charge in [0.05, 0.1) is 0 Å². The second-order valence-corrected chi connectivity index (χ2v) is 5.35. The first-order chi connectivity index (χ1) is 6.18. The van der Waals surface area contributed by atoms with Crippen LogP contribution >= 0.6 is 0 Å². The van der Waals surface area contributed by atoms with Crippen molar-refractivity contribution in [3.63, 3.8) is 0 Å². The number of ether oxygens (including phenoxy) is 1. The molecule has 78 valence electrons. The highest BCUT2D eigenvalue weighted by atomic mass is 32.2. The predicted octanol–water partition coefficient (Wildman–Crippen LogP) is 0.509. The fourth-order valence-electron chi connectivity index (χ4n) is 1.54. The Morgan fingerprint density at radius 2 is 2.15 bits per heavy atom. The maximum absolute atomic E-state index is 11.5. The van der Waals surface area contributed by atoms with Gasteiger partial charge in [0.2, 0.25) is 0 Å². The molecule has 13 heavy (non-hydrogen) atoms. The Morgan fingerprint density at radius 3 is 2.69 bits per heavy atom. The van der Waals surface area contributed by atoms with Crippen LogP contribution in [0.5, 0.6) is 0 Å². The summed E-state index contributed by atoms with van der Waals surface area (Å²) in [5, 5.41) is 0. The highest BCUT2D eigenvalue weighted by Crippen LogP contribution is 2.15. The van der Waals surface area contributed by atoms with Gasteiger partial charge in [0.15, 0.2) is 0 Å². The van der Waals surface area contributed by atoms with E-state index in [1.165, 1.54) is 0 Å². The average Bonchev–Trinajstić information content (AvgIpc) is 2.04. The van der Waals surface area contributed by atoms with Gasteiger partial charge in [0.25, 0.3) is 0 Å². The van der Waals surface area contributed by atoms with Crippen LogP contribution in [0.4, 0.5) is 0 Å². The summed E-state index contributed by atoms with van der Waals surface area (Å²) in [7, 11) is -0.728. The van der Waals surface area contributed by atoms with Crippen molar-refractivity contribution in [2.24, 2.45) is 11.7 Å². The largest absolute Gasteiger partial charge is 0.381 e. The van der Waals surface area contributed by atoms with Gasteiger partial charge >= 0.3 is 0 Å². The Bertz CT molecular complexity index is 167. The molecule has 4 heteroatoms. The summed E-state index contributed by atoms with van der Waals surface area (Å²) in [4.78, 5) is 0. The van der Waals surface area contributed by atoms with Gasteiger partial charge in [-0.15, -0.1) is 0 Å². The lowest BCUT2D eigenvalue weighted by Gasteiger charge is -2.21. The lowest BCUT2D eigenvalue weighted by Crippen LogP contribution is -2.28. The molecule has 0 aromatic carbocycles. The summed E-state index contributed by atoms with van der Waals surface area (Å²) in [5.41, 5.74) is 5.58. The Morgan fingerprint density at radius 1 is 1.54 bits per heavy atom. The first-order valence-corrected chi connectivity index (χ1v) is 6.35. The van der Waals surface area contributed by atoms with Crippen LogP contribution in [0, 0.1) is 5.92 Å². The first kappa shape index (κ1) is 11.1. The highest BCUT2D eigenvalue weighted by molar-refractivity contribution is 7.85. The summed E-state index contributed by atoms with van der Waals surface area (Å²) < 4.78 is 16.8. The first-order valence-electron chi connectivity index (χ1n) is 4.87. The molecule has 2 unspecified atom stereocenters. The molecule has 0 amide bonds. The lowest BCUT2D eigenvalue weighted by atomic mass is 10.0. The van der Waals surface area contributed by atoms with Crippen molar-refractivity contribution in [3.05, 3.63) is 0 Å². The van der Waals surface area contributed by atoms with E-state index in [0.717, 1.165) is 31.8 Å². The molecular weight excluding hydrogens is 186 g/mol. The van der Waals surface area contributed by atoms with Crippen LogP contribution in [-0.2, 0) is 15.5 Å². The van der Waals surface area contributed by atoms with E-state index in [9.17, 15) is 4.21 Å². The van der Waals surface area contributed by atoms with Crippen molar-refractivity contribution in [3.8, 4) is 0 Å². The average molecular weight is 205 g/mol. The van der Waals surface area contributed by atoms with Gasteiger partial charge < -0.3 is 10.5 Å². The van der Waals surface area contributed by atoms with E-state index in [1.807, 2.05) is 6.92 Å². The monoisotopic (exact) mass is 205 g/mol. The van der Waals surface area contributed by atoms with Crippen molar-refractivity contribution in [2.45, 2.75) is 25.8 Å². The molecule has 0 radical (unpaired) electrons. The van der Waals surface area contributed by atoms with E-state index >= 15 is 0 Å². The molecule has 1 fully saturated rings. The summed E-state index contributed by atoms with van der Waals surface area (Å²) in [6.07, 6.45) is 2.12. The van der Waals surface area contributed by atoms with Gasteiger partial charge in [-0.25, -0.2) is 0 Å². The van der Waals surface area contributed by atoms with Crippen LogP contribution in [0.3, 0.4) is 0 Å². The smallest absolute Gasteiger partial charge is 0.0469 e. The maximum Gasteiger partial charge on any atom is 0.0469 e. The van der Waals surface area contributed by atoms with E-state index in [2.05, 4.69) is 0 Å². The lowest BCUT2D eigenvalue weighted by molar-refractivity contribution is 0.0725. The molecule has 0 saturated carbocycles. The Hall–Kier alpha value is 0.0700. The Balaban J connectivity index is 2.18. The fraction of sp³-hybridized carbons (Fsp3) is 1.00. The SMILES string of the molecule is CC(N)CS(=O)CC1CCOCC1. The third kappa shape index (κ3) is 4.74. The molecule has 0 bridgehead atoms. The van der Waals surface area contributed by atoms with Crippen molar-refractivity contribution >= 4 is 10.8 Å². The number of hydrogen-bond acceptors (Lipinski definition) is 3. The van der Waals surface area contributed by atoms with Crippen LogP contribution in [0.15, 0.2) is 0 Å². The zero-order valence-electron chi connectivity index (χ0n) is 8.20. The van der Waals surface area contributed by atoms with Crippen LogP contribution < -0.4 is 5.73 Å². The molecule has 1 aliphatic heterocycles. The van der Waals surface area contributed by atoms with Crippen LogP contribution in [-0.4, -0.2) is 35.0 Å². The summed E-state index contributed by atoms with van der Waals surface area (Å²) in [5.74, 6) is 2.04. The topological polar surface area (TPSA) is 52.3 Å². The molecule has 3 nitrogen and oxygen atoms in total. The van der Waals surface area contributed by atoms with Gasteiger partial charge in [0, 0.05) is 41.6 Å². The summed E-state index contributed by atoms with van der Waals surface area (Å²) in [6, 6.07) is 0.0562. The van der Waals surface area contributed by atoms with Gasteiger partial charge in [-0.2, -0.15) is 0 Å². The normalized spacial score (nSPS) is 24.2. The molecule has 0 aromatic heterocycles. The van der Waals surface area contributed by atoms with Crippen molar-refractivity contribution < 1.29 is 8.95 Å². The van der Waals surface area contributed by atoms with Gasteiger partial charge in [-0.05, 0) is 25.7 Å². The third-order valence-electron chi connectivity index (χ3n) is 2.21. The number of nitrogens with two attached hydrogens (primary N) is 1. The minimum absolute atomic E-state index is 0.0562. The van der Waals surface area contributed by atoms with Crippen LogP contribution in [0.2, 0.25) is 0 Å². The minimum Gasteiger partial charge on any atom is -0.381 e. The molecular formula is C9H19NO2S. The van der Waals surface area contributed by atoms with E-state index in [-0.39, 0.29) is 6.04 Å². The van der Waals surface area contributed by atoms with Gasteiger partial charge in [-0.1, -0.05) is 0 Å². The quantitative estimate of drug-likeness (QED) is 0.727. The molecule has 1 saturated heterocycles. The maximum atomic E-state index is 11.5. The third-order valence-corrected chi connectivity index (χ3v) is 3.95. The second-order valence-electron chi connectivity index (χ2n) is 3.81. The Kier molecular flexibility index (Phi) is 4.91. The molecule has 1 rings (SSSR count). The molecule has 0 aromatic rings. The fourth-order valence-corrected chi connectivity index (χ4v) is 3.12. The van der Waals surface area contributed by atoms with Crippen molar-refractivity contribution in [2.75, 3.05) is 24.7 Å². The minimum atomic E-state index is -0.728. The Labute approximate surface area is 82.5 Å². The van der Waals surface area contributed by atoms with Gasteiger partial charge in [0.1, 0.15) is 0 Å². The van der Waals surface area contributed by atoms with Gasteiger partial charge in [-0.3, -0.25) is 4.21 Å². The molecule has 2 N–H and O–H groups in total.